The molecule has 4 heteroatoms. The highest BCUT2D eigenvalue weighted by atomic mass is 19.3. The lowest BCUT2D eigenvalue weighted by Crippen LogP contribution is -2.35. The molecule has 1 aliphatic carbocycles. The Hall–Kier alpha value is -0.220. The largest absolute Gasteiger partial charge is 0.375 e. The number of halogens is 2. The second-order valence-electron chi connectivity index (χ2n) is 4.02. The molecule has 0 aromatic carbocycles. The van der Waals surface area contributed by atoms with Crippen molar-refractivity contribution in [2.45, 2.75) is 31.6 Å². The van der Waals surface area contributed by atoms with Crippen molar-refractivity contribution >= 4 is 0 Å². The molecule has 2 nitrogen and oxygen atoms in total. The summed E-state index contributed by atoms with van der Waals surface area (Å²) in [6, 6.07) is 0. The molecule has 0 amide bonds. The Labute approximate surface area is 84.0 Å². The number of rotatable bonds is 7. The highest BCUT2D eigenvalue weighted by molar-refractivity contribution is 4.70. The predicted octanol–water partition coefficient (Wildman–Crippen LogP) is 2.05. The van der Waals surface area contributed by atoms with Gasteiger partial charge in [-0.05, 0) is 19.4 Å². The zero-order valence-corrected chi connectivity index (χ0v) is 8.69. The molecule has 0 aromatic heterocycles. The summed E-state index contributed by atoms with van der Waals surface area (Å²) in [5, 5.41) is 2.45. The van der Waals surface area contributed by atoms with E-state index in [9.17, 15) is 8.78 Å². The minimum absolute atomic E-state index is 0.309. The maximum Gasteiger partial charge on any atom is 0.283 e. The number of ether oxygens (including phenoxy) is 1. The van der Waals surface area contributed by atoms with E-state index in [1.54, 1.807) is 0 Å². The van der Waals surface area contributed by atoms with Crippen molar-refractivity contribution in [2.75, 3.05) is 26.8 Å². The molecule has 14 heavy (non-hydrogen) atoms. The molecule has 0 heterocycles. The molecule has 1 fully saturated rings. The second-order valence-corrected chi connectivity index (χ2v) is 4.02. The van der Waals surface area contributed by atoms with Crippen molar-refractivity contribution in [3.05, 3.63) is 0 Å². The van der Waals surface area contributed by atoms with Crippen LogP contribution in [0.4, 0.5) is 8.78 Å². The SMILES string of the molecule is CNCC(F)(F)COCCC1CCC1. The first-order valence-corrected chi connectivity index (χ1v) is 5.24. The average Bonchev–Trinajstić information content (AvgIpc) is 2.00. The van der Waals surface area contributed by atoms with Crippen LogP contribution in [-0.2, 0) is 4.74 Å². The third-order valence-electron chi connectivity index (χ3n) is 2.64. The lowest BCUT2D eigenvalue weighted by molar-refractivity contribution is -0.0764. The van der Waals surface area contributed by atoms with Crippen LogP contribution in [0, 0.1) is 5.92 Å². The number of hydrogen-bond donors (Lipinski definition) is 1. The zero-order chi connectivity index (χ0) is 10.4. The Morgan fingerprint density at radius 1 is 1.43 bits per heavy atom. The Balaban J connectivity index is 1.96. The van der Waals surface area contributed by atoms with Gasteiger partial charge in [-0.25, -0.2) is 8.78 Å². The van der Waals surface area contributed by atoms with Gasteiger partial charge in [0.2, 0.25) is 0 Å². The molecular formula is C10H19F2NO. The molecule has 0 radical (unpaired) electrons. The van der Waals surface area contributed by atoms with E-state index in [0.717, 1.165) is 12.3 Å². The van der Waals surface area contributed by atoms with Gasteiger partial charge < -0.3 is 10.1 Å². The van der Waals surface area contributed by atoms with Gasteiger partial charge in [-0.3, -0.25) is 0 Å². The van der Waals surface area contributed by atoms with Crippen molar-refractivity contribution in [3.8, 4) is 0 Å². The standard InChI is InChI=1S/C10H19F2NO/c1-13-7-10(11,12)8-14-6-5-9-3-2-4-9/h9,13H,2-8H2,1H3. The number of hydrogen-bond acceptors (Lipinski definition) is 2. The minimum Gasteiger partial charge on any atom is -0.375 e. The van der Waals surface area contributed by atoms with E-state index in [0.29, 0.717) is 6.61 Å². The molecule has 1 rings (SSSR count). The summed E-state index contributed by atoms with van der Waals surface area (Å²) in [6.07, 6.45) is 4.72. The second kappa shape index (κ2) is 5.61. The van der Waals surface area contributed by atoms with Crippen LogP contribution in [0.2, 0.25) is 0 Å². The molecule has 84 valence electrons. The molecule has 0 aliphatic heterocycles. The van der Waals surface area contributed by atoms with Gasteiger partial charge in [0.15, 0.2) is 0 Å². The molecule has 0 bridgehead atoms. The fourth-order valence-electron chi connectivity index (χ4n) is 1.56. The first-order valence-electron chi connectivity index (χ1n) is 5.24. The number of nitrogens with one attached hydrogen (secondary N) is 1. The van der Waals surface area contributed by atoms with E-state index < -0.39 is 12.5 Å². The highest BCUT2D eigenvalue weighted by Crippen LogP contribution is 2.29. The van der Waals surface area contributed by atoms with Crippen molar-refractivity contribution < 1.29 is 13.5 Å². The summed E-state index contributed by atoms with van der Waals surface area (Å²) < 4.78 is 30.7. The summed E-state index contributed by atoms with van der Waals surface area (Å²) in [4.78, 5) is 0. The molecule has 1 saturated carbocycles. The Morgan fingerprint density at radius 2 is 2.14 bits per heavy atom. The minimum atomic E-state index is -2.73. The van der Waals surface area contributed by atoms with Gasteiger partial charge in [-0.1, -0.05) is 19.3 Å². The van der Waals surface area contributed by atoms with Gasteiger partial charge in [0.25, 0.3) is 5.92 Å². The Bertz CT molecular complexity index is 160. The normalized spacial score (nSPS) is 18.2. The summed E-state index contributed by atoms with van der Waals surface area (Å²) in [7, 11) is 1.52. The van der Waals surface area contributed by atoms with Crippen LogP contribution in [0.5, 0.6) is 0 Å². The van der Waals surface area contributed by atoms with Crippen molar-refractivity contribution in [1.82, 2.24) is 5.32 Å². The fourth-order valence-corrected chi connectivity index (χ4v) is 1.56. The van der Waals surface area contributed by atoms with Crippen molar-refractivity contribution in [2.24, 2.45) is 5.92 Å². The molecule has 1 N–H and O–H groups in total. The van der Waals surface area contributed by atoms with Gasteiger partial charge in [-0.2, -0.15) is 0 Å². The van der Waals surface area contributed by atoms with E-state index in [4.69, 9.17) is 4.74 Å². The maximum absolute atomic E-state index is 12.9. The fraction of sp³-hybridized carbons (Fsp3) is 1.00. The summed E-state index contributed by atoms with van der Waals surface area (Å²) in [6.45, 7) is -0.291. The molecule has 0 spiro atoms. The van der Waals surface area contributed by atoms with E-state index in [-0.39, 0.29) is 6.54 Å². The third kappa shape index (κ3) is 4.33. The maximum atomic E-state index is 12.9. The predicted molar refractivity (Wildman–Crippen MR) is 51.7 cm³/mol. The monoisotopic (exact) mass is 207 g/mol. The molecule has 0 atom stereocenters. The van der Waals surface area contributed by atoms with Crippen LogP contribution in [0.3, 0.4) is 0 Å². The lowest BCUT2D eigenvalue weighted by atomic mass is 9.83. The molecule has 1 aliphatic rings. The molecular weight excluding hydrogens is 188 g/mol. The topological polar surface area (TPSA) is 21.3 Å². The first-order chi connectivity index (χ1) is 6.64. The summed E-state index contributed by atoms with van der Waals surface area (Å²) in [5.41, 5.74) is 0. The third-order valence-corrected chi connectivity index (χ3v) is 2.64. The average molecular weight is 207 g/mol. The van der Waals surface area contributed by atoms with Crippen LogP contribution in [-0.4, -0.2) is 32.7 Å². The van der Waals surface area contributed by atoms with Crippen molar-refractivity contribution in [1.29, 1.82) is 0 Å². The summed E-state index contributed by atoms with van der Waals surface area (Å²) in [5.74, 6) is -2.00. The van der Waals surface area contributed by atoms with E-state index in [1.807, 2.05) is 0 Å². The van der Waals surface area contributed by atoms with Gasteiger partial charge in [0.05, 0.1) is 6.54 Å². The lowest BCUT2D eigenvalue weighted by Gasteiger charge is -2.25. The molecule has 0 unspecified atom stereocenters. The molecule has 0 aromatic rings. The number of alkyl halides is 2. The Kier molecular flexibility index (Phi) is 4.75. The zero-order valence-electron chi connectivity index (χ0n) is 8.69. The van der Waals surface area contributed by atoms with E-state index >= 15 is 0 Å². The van der Waals surface area contributed by atoms with E-state index in [1.165, 1.54) is 26.3 Å². The highest BCUT2D eigenvalue weighted by Gasteiger charge is 2.28. The Morgan fingerprint density at radius 3 is 2.64 bits per heavy atom. The van der Waals surface area contributed by atoms with Crippen LogP contribution in [0.25, 0.3) is 0 Å². The van der Waals surface area contributed by atoms with Gasteiger partial charge >= 0.3 is 0 Å². The van der Waals surface area contributed by atoms with Crippen LogP contribution in [0.15, 0.2) is 0 Å². The van der Waals surface area contributed by atoms with Gasteiger partial charge in [0, 0.05) is 6.61 Å². The van der Waals surface area contributed by atoms with Gasteiger partial charge in [0.1, 0.15) is 6.61 Å². The van der Waals surface area contributed by atoms with Crippen molar-refractivity contribution in [3.63, 3.8) is 0 Å². The van der Waals surface area contributed by atoms with E-state index in [2.05, 4.69) is 5.32 Å². The van der Waals surface area contributed by atoms with Crippen LogP contribution in [0.1, 0.15) is 25.7 Å². The first kappa shape index (κ1) is 11.9. The molecule has 0 saturated heterocycles. The van der Waals surface area contributed by atoms with Gasteiger partial charge in [-0.15, -0.1) is 0 Å². The summed E-state index contributed by atoms with van der Waals surface area (Å²) >= 11 is 0. The van der Waals surface area contributed by atoms with Crippen LogP contribution < -0.4 is 5.32 Å². The smallest absolute Gasteiger partial charge is 0.283 e. The van der Waals surface area contributed by atoms with Crippen LogP contribution >= 0.6 is 0 Å². The quantitative estimate of drug-likeness (QED) is 0.645.